The fraction of sp³-hybridized carbons (Fsp3) is 0.371. The van der Waals surface area contributed by atoms with Gasteiger partial charge in [0.1, 0.15) is 17.5 Å². The van der Waals surface area contributed by atoms with E-state index in [4.69, 9.17) is 22.1 Å². The second-order valence-corrected chi connectivity index (χ2v) is 12.3. The second kappa shape index (κ2) is 17.2. The third-order valence-corrected chi connectivity index (χ3v) is 8.20. The molecule has 0 atom stereocenters. The molecule has 0 unspecified atom stereocenters. The lowest BCUT2D eigenvalue weighted by atomic mass is 10.2. The standard InChI is InChI=1S/C17H17F2N5O.C14H9ClF2N4.C3H9NO.CH4/c1-25-5-4-20-16-6-10(9-21-23-16)17-22-14-7-12(18)13(19)8-15(14)24(17)11-2-3-11;15-13-3-7(6-18-20-13)14-19-11-4-9(16)10(17)5-12(11)21(14)8-1-2-8;1-5-3-2-4;/h6-9,11H,2-5H2,1H3,(H,20,23);3-6,8H,1-2H2;2-4H2,1H3;1H4. The molecule has 0 bridgehead atoms. The first-order valence-corrected chi connectivity index (χ1v) is 16.6. The molecule has 0 radical (unpaired) electrons. The molecule has 0 spiro atoms. The number of nitrogens with two attached hydrogens (primary N) is 1. The number of ether oxygens (including phenoxy) is 2. The molecular weight excluding hydrogens is 704 g/mol. The number of anilines is 1. The van der Waals surface area contributed by atoms with Crippen molar-refractivity contribution in [2.24, 2.45) is 5.73 Å². The summed E-state index contributed by atoms with van der Waals surface area (Å²) in [7, 11) is 3.26. The first-order chi connectivity index (χ1) is 24.7. The van der Waals surface area contributed by atoms with Crippen LogP contribution in [0.25, 0.3) is 44.8 Å². The van der Waals surface area contributed by atoms with Crippen LogP contribution in [0.1, 0.15) is 45.2 Å². The lowest BCUT2D eigenvalue weighted by Gasteiger charge is -2.09. The van der Waals surface area contributed by atoms with Crippen LogP contribution in [0.5, 0.6) is 0 Å². The van der Waals surface area contributed by atoms with Gasteiger partial charge in [0.2, 0.25) is 0 Å². The highest BCUT2D eigenvalue weighted by Gasteiger charge is 2.31. The van der Waals surface area contributed by atoms with Crippen molar-refractivity contribution in [1.29, 1.82) is 0 Å². The average molecular weight is 743 g/mol. The molecule has 276 valence electrons. The van der Waals surface area contributed by atoms with Crippen LogP contribution in [0.3, 0.4) is 0 Å². The lowest BCUT2D eigenvalue weighted by Crippen LogP contribution is -2.09. The third-order valence-electron chi connectivity index (χ3n) is 8.02. The summed E-state index contributed by atoms with van der Waals surface area (Å²) in [4.78, 5) is 8.94. The highest BCUT2D eigenvalue weighted by molar-refractivity contribution is 6.29. The van der Waals surface area contributed by atoms with E-state index in [0.717, 1.165) is 43.4 Å². The maximum absolute atomic E-state index is 13.7. The fourth-order valence-corrected chi connectivity index (χ4v) is 5.59. The van der Waals surface area contributed by atoms with E-state index < -0.39 is 23.3 Å². The van der Waals surface area contributed by atoms with Crippen LogP contribution in [0.15, 0.2) is 48.8 Å². The minimum absolute atomic E-state index is 0. The zero-order valence-corrected chi connectivity index (χ0v) is 28.5. The van der Waals surface area contributed by atoms with Crippen molar-refractivity contribution in [1.82, 2.24) is 39.5 Å². The van der Waals surface area contributed by atoms with Gasteiger partial charge < -0.3 is 29.7 Å². The Morgan fingerprint density at radius 2 is 1.21 bits per heavy atom. The number of rotatable bonds is 10. The first-order valence-electron chi connectivity index (χ1n) is 16.2. The Labute approximate surface area is 302 Å². The molecule has 4 aromatic heterocycles. The van der Waals surface area contributed by atoms with Gasteiger partial charge in [0.05, 0.1) is 47.7 Å². The van der Waals surface area contributed by atoms with Gasteiger partial charge >= 0.3 is 0 Å². The molecule has 6 aromatic rings. The van der Waals surface area contributed by atoms with Crippen molar-refractivity contribution in [2.75, 3.05) is 45.8 Å². The number of aromatic nitrogens is 8. The van der Waals surface area contributed by atoms with Gasteiger partial charge in [-0.05, 0) is 37.8 Å². The summed E-state index contributed by atoms with van der Waals surface area (Å²) in [6.45, 7) is 2.44. The zero-order chi connectivity index (χ0) is 36.1. The number of methoxy groups -OCH3 is 2. The van der Waals surface area contributed by atoms with Crippen molar-refractivity contribution in [3.05, 3.63) is 77.2 Å². The van der Waals surface area contributed by atoms with E-state index in [1.807, 2.05) is 15.2 Å². The number of hydrogen-bond donors (Lipinski definition) is 2. The maximum atomic E-state index is 13.7. The SMILES string of the molecule is C.COCCN.COCCNc1cc(-c2nc3cc(F)c(F)cc3n2C2CC2)cnn1.Fc1cc2nc(-c3cnnc(Cl)c3)n(C3CC3)c2cc1F. The average Bonchev–Trinajstić information content (AvgIpc) is 4.06. The van der Waals surface area contributed by atoms with Crippen LogP contribution in [0.4, 0.5) is 23.4 Å². The number of fused-ring (bicyclic) bond motifs is 2. The molecule has 3 N–H and O–H groups in total. The highest BCUT2D eigenvalue weighted by Crippen LogP contribution is 2.43. The van der Waals surface area contributed by atoms with Crippen LogP contribution in [0.2, 0.25) is 5.15 Å². The van der Waals surface area contributed by atoms with Crippen molar-refractivity contribution in [3.8, 4) is 22.8 Å². The minimum atomic E-state index is -0.902. The summed E-state index contributed by atoms with van der Waals surface area (Å²) in [6, 6.07) is 8.63. The van der Waals surface area contributed by atoms with Crippen LogP contribution in [-0.4, -0.2) is 80.0 Å². The summed E-state index contributed by atoms with van der Waals surface area (Å²) in [5.74, 6) is -1.69. The Morgan fingerprint density at radius 3 is 1.65 bits per heavy atom. The Hall–Kier alpha value is -4.77. The Bertz CT molecular complexity index is 2140. The summed E-state index contributed by atoms with van der Waals surface area (Å²) < 4.78 is 67.7. The van der Waals surface area contributed by atoms with Gasteiger partial charge in [-0.1, -0.05) is 19.0 Å². The predicted octanol–water partition coefficient (Wildman–Crippen LogP) is 7.15. The van der Waals surface area contributed by atoms with Crippen LogP contribution >= 0.6 is 11.6 Å². The Kier molecular flexibility index (Phi) is 12.7. The number of halogens is 5. The van der Waals surface area contributed by atoms with Gasteiger partial charge in [-0.3, -0.25) is 0 Å². The van der Waals surface area contributed by atoms with E-state index >= 15 is 0 Å². The molecule has 4 heterocycles. The molecule has 2 aliphatic rings. The zero-order valence-electron chi connectivity index (χ0n) is 27.8. The molecule has 2 aromatic carbocycles. The molecule has 8 rings (SSSR count). The molecule has 12 nitrogen and oxygen atoms in total. The minimum Gasteiger partial charge on any atom is -0.383 e. The molecule has 0 aliphatic heterocycles. The van der Waals surface area contributed by atoms with Crippen LogP contribution in [-0.2, 0) is 9.47 Å². The summed E-state index contributed by atoms with van der Waals surface area (Å²) in [5.41, 5.74) is 8.48. The smallest absolute Gasteiger partial charge is 0.161 e. The first kappa shape index (κ1) is 38.5. The molecular formula is C35H39ClF4N10O2. The van der Waals surface area contributed by atoms with Gasteiger partial charge in [0, 0.05) is 74.8 Å². The summed E-state index contributed by atoms with van der Waals surface area (Å²) >= 11 is 5.86. The van der Waals surface area contributed by atoms with Crippen molar-refractivity contribution in [3.63, 3.8) is 0 Å². The maximum Gasteiger partial charge on any atom is 0.161 e. The summed E-state index contributed by atoms with van der Waals surface area (Å²) in [6.07, 6.45) is 7.12. The molecule has 0 saturated heterocycles. The van der Waals surface area contributed by atoms with E-state index in [-0.39, 0.29) is 24.7 Å². The molecule has 2 aliphatic carbocycles. The number of nitrogens with zero attached hydrogens (tertiary/aromatic N) is 8. The molecule has 0 amide bonds. The molecule has 2 saturated carbocycles. The van der Waals surface area contributed by atoms with E-state index in [1.54, 1.807) is 32.7 Å². The van der Waals surface area contributed by atoms with Crippen molar-refractivity contribution >= 4 is 39.5 Å². The van der Waals surface area contributed by atoms with Crippen LogP contribution < -0.4 is 11.1 Å². The molecule has 17 heteroatoms. The number of hydrogen-bond acceptors (Lipinski definition) is 10. The van der Waals surface area contributed by atoms with E-state index in [2.05, 4.69) is 40.4 Å². The van der Waals surface area contributed by atoms with Crippen molar-refractivity contribution in [2.45, 2.75) is 45.2 Å². The third kappa shape index (κ3) is 8.81. The Balaban J connectivity index is 0.000000177. The number of nitrogens with one attached hydrogen (secondary N) is 1. The largest absolute Gasteiger partial charge is 0.383 e. The summed E-state index contributed by atoms with van der Waals surface area (Å²) in [5, 5.41) is 18.9. The molecule has 52 heavy (non-hydrogen) atoms. The lowest BCUT2D eigenvalue weighted by molar-refractivity contribution is 0.207. The van der Waals surface area contributed by atoms with Gasteiger partial charge in [-0.25, -0.2) is 27.5 Å². The number of imidazole rings is 2. The van der Waals surface area contributed by atoms with Gasteiger partial charge in [0.15, 0.2) is 28.4 Å². The normalized spacial score (nSPS) is 13.6. The molecule has 2 fully saturated rings. The van der Waals surface area contributed by atoms with Gasteiger partial charge in [0.25, 0.3) is 0 Å². The van der Waals surface area contributed by atoms with Gasteiger partial charge in [-0.2, -0.15) is 10.2 Å². The van der Waals surface area contributed by atoms with E-state index in [0.29, 0.717) is 71.4 Å². The quantitative estimate of drug-likeness (QED) is 0.110. The van der Waals surface area contributed by atoms with Crippen molar-refractivity contribution < 1.29 is 27.0 Å². The topological polar surface area (TPSA) is 144 Å². The van der Waals surface area contributed by atoms with Crippen LogP contribution in [0, 0.1) is 23.3 Å². The Morgan fingerprint density at radius 1 is 0.731 bits per heavy atom. The highest BCUT2D eigenvalue weighted by atomic mass is 35.5. The van der Waals surface area contributed by atoms with Gasteiger partial charge in [-0.15, -0.1) is 10.2 Å². The predicted molar refractivity (Wildman–Crippen MR) is 191 cm³/mol. The van der Waals surface area contributed by atoms with E-state index in [9.17, 15) is 17.6 Å². The van der Waals surface area contributed by atoms with E-state index in [1.165, 1.54) is 12.1 Å². The fourth-order valence-electron chi connectivity index (χ4n) is 5.43. The number of benzene rings is 2. The monoisotopic (exact) mass is 742 g/mol. The second-order valence-electron chi connectivity index (χ2n) is 11.9.